The first-order valence-corrected chi connectivity index (χ1v) is 9.59. The maximum atomic E-state index is 11.8. The minimum atomic E-state index is -3.27. The van der Waals surface area contributed by atoms with Gasteiger partial charge in [-0.3, -0.25) is 0 Å². The molecule has 3 rings (SSSR count). The van der Waals surface area contributed by atoms with Gasteiger partial charge in [-0.2, -0.15) is 0 Å². The van der Waals surface area contributed by atoms with Crippen LogP contribution in [0, 0.1) is 0 Å². The zero-order valence-electron chi connectivity index (χ0n) is 13.5. The van der Waals surface area contributed by atoms with Gasteiger partial charge in [0.2, 0.25) is 0 Å². The zero-order chi connectivity index (χ0) is 16.6. The van der Waals surface area contributed by atoms with E-state index in [1.807, 2.05) is 0 Å². The molecule has 6 nitrogen and oxygen atoms in total. The second kappa shape index (κ2) is 6.05. The monoisotopic (exact) mass is 335 g/mol. The number of rotatable bonds is 3. The molecule has 1 N–H and O–H groups in total. The van der Waals surface area contributed by atoms with Crippen LogP contribution in [0.4, 0.5) is 5.82 Å². The lowest BCUT2D eigenvalue weighted by Crippen LogP contribution is -2.37. The predicted molar refractivity (Wildman–Crippen MR) is 89.3 cm³/mol. The van der Waals surface area contributed by atoms with E-state index in [1.165, 1.54) is 12.6 Å². The van der Waals surface area contributed by atoms with Gasteiger partial charge in [-0.1, -0.05) is 0 Å². The Morgan fingerprint density at radius 1 is 1.17 bits per heavy atom. The topological polar surface area (TPSA) is 81.2 Å². The Labute approximate surface area is 136 Å². The third-order valence-corrected chi connectivity index (χ3v) is 5.18. The van der Waals surface area contributed by atoms with Gasteiger partial charge < -0.3 is 10.1 Å². The fourth-order valence-electron chi connectivity index (χ4n) is 3.10. The maximum Gasteiger partial charge on any atom is 0.175 e. The molecule has 1 aliphatic heterocycles. The number of nitrogens with zero attached hydrogens (tertiary/aromatic N) is 2. The average Bonchev–Trinajstić information content (AvgIpc) is 2.45. The molecule has 1 aromatic carbocycles. The average molecular weight is 335 g/mol. The minimum absolute atomic E-state index is 0.191. The van der Waals surface area contributed by atoms with Crippen molar-refractivity contribution in [3.05, 3.63) is 24.5 Å². The summed E-state index contributed by atoms with van der Waals surface area (Å²) in [6.07, 6.45) is 4.86. The van der Waals surface area contributed by atoms with Gasteiger partial charge in [0.1, 0.15) is 12.1 Å². The van der Waals surface area contributed by atoms with Crippen molar-refractivity contribution in [2.45, 2.75) is 49.8 Å². The Bertz CT molecular complexity index is 812. The maximum absolute atomic E-state index is 11.8. The first kappa shape index (κ1) is 16.1. The Hall–Kier alpha value is -1.73. The van der Waals surface area contributed by atoms with Gasteiger partial charge in [0.15, 0.2) is 9.84 Å². The minimum Gasteiger partial charge on any atom is -0.375 e. The van der Waals surface area contributed by atoms with E-state index in [1.54, 1.807) is 18.2 Å². The molecule has 0 aliphatic carbocycles. The molecule has 0 amide bonds. The molecule has 0 spiro atoms. The molecule has 2 heterocycles. The van der Waals surface area contributed by atoms with Crippen LogP contribution in [0.15, 0.2) is 29.4 Å². The summed E-state index contributed by atoms with van der Waals surface area (Å²) in [4.78, 5) is 8.81. The molecule has 1 aromatic heterocycles. The van der Waals surface area contributed by atoms with Crippen LogP contribution in [0.5, 0.6) is 0 Å². The molecule has 2 unspecified atom stereocenters. The van der Waals surface area contributed by atoms with Crippen molar-refractivity contribution in [2.75, 3.05) is 11.6 Å². The number of hydrogen-bond donors (Lipinski definition) is 1. The number of benzene rings is 1. The SMILES string of the molecule is CC1CC(Nc2ncnc3ccc(S(C)(=O)=O)cc23)CC(C)O1. The van der Waals surface area contributed by atoms with E-state index in [0.29, 0.717) is 5.82 Å². The zero-order valence-corrected chi connectivity index (χ0v) is 14.3. The van der Waals surface area contributed by atoms with Crippen LogP contribution in [0.2, 0.25) is 0 Å². The lowest BCUT2D eigenvalue weighted by Gasteiger charge is -2.33. The standard InChI is InChI=1S/C16H21N3O3S/c1-10-6-12(7-11(2)22-10)19-16-14-8-13(23(3,20)21)4-5-15(14)17-9-18-16/h4-5,8-12H,6-7H2,1-3H3,(H,17,18,19). The van der Waals surface area contributed by atoms with Gasteiger partial charge in [0.25, 0.3) is 0 Å². The van der Waals surface area contributed by atoms with E-state index in [-0.39, 0.29) is 23.1 Å². The van der Waals surface area contributed by atoms with Crippen LogP contribution in [-0.2, 0) is 14.6 Å². The van der Waals surface area contributed by atoms with Crippen molar-refractivity contribution in [1.29, 1.82) is 0 Å². The van der Waals surface area contributed by atoms with Crippen LogP contribution in [-0.4, -0.2) is 42.9 Å². The van der Waals surface area contributed by atoms with Crippen molar-refractivity contribution < 1.29 is 13.2 Å². The number of anilines is 1. The number of hydrogen-bond acceptors (Lipinski definition) is 6. The van der Waals surface area contributed by atoms with Gasteiger partial charge in [0, 0.05) is 17.7 Å². The molecular formula is C16H21N3O3S. The largest absolute Gasteiger partial charge is 0.375 e. The molecule has 0 bridgehead atoms. The summed E-state index contributed by atoms with van der Waals surface area (Å²) in [5.74, 6) is 0.673. The highest BCUT2D eigenvalue weighted by molar-refractivity contribution is 7.90. The van der Waals surface area contributed by atoms with Gasteiger partial charge in [-0.25, -0.2) is 18.4 Å². The summed E-state index contributed by atoms with van der Waals surface area (Å²) in [5.41, 5.74) is 0.725. The van der Waals surface area contributed by atoms with E-state index >= 15 is 0 Å². The van der Waals surface area contributed by atoms with Crippen molar-refractivity contribution >= 4 is 26.6 Å². The number of fused-ring (bicyclic) bond motifs is 1. The number of nitrogens with one attached hydrogen (secondary N) is 1. The first-order chi connectivity index (χ1) is 10.8. The molecule has 1 fully saturated rings. The van der Waals surface area contributed by atoms with E-state index < -0.39 is 9.84 Å². The molecular weight excluding hydrogens is 314 g/mol. The third kappa shape index (κ3) is 3.61. The molecule has 0 saturated carbocycles. The van der Waals surface area contributed by atoms with Gasteiger partial charge in [-0.05, 0) is 44.9 Å². The molecule has 1 aliphatic rings. The van der Waals surface area contributed by atoms with Crippen molar-refractivity contribution in [3.8, 4) is 0 Å². The predicted octanol–water partition coefficient (Wildman–Crippen LogP) is 2.40. The summed E-state index contributed by atoms with van der Waals surface area (Å²) in [5, 5.41) is 4.16. The molecule has 1 saturated heterocycles. The third-order valence-electron chi connectivity index (χ3n) is 4.07. The molecule has 2 atom stereocenters. The first-order valence-electron chi connectivity index (χ1n) is 7.70. The fraction of sp³-hybridized carbons (Fsp3) is 0.500. The molecule has 124 valence electrons. The van der Waals surface area contributed by atoms with Crippen LogP contribution in [0.3, 0.4) is 0 Å². The lowest BCUT2D eigenvalue weighted by molar-refractivity contribution is -0.0338. The van der Waals surface area contributed by atoms with Crippen molar-refractivity contribution in [1.82, 2.24) is 9.97 Å². The number of ether oxygens (including phenoxy) is 1. The summed E-state index contributed by atoms with van der Waals surface area (Å²) < 4.78 is 29.3. The van der Waals surface area contributed by atoms with E-state index in [0.717, 1.165) is 23.7 Å². The summed E-state index contributed by atoms with van der Waals surface area (Å²) in [6, 6.07) is 5.17. The summed E-state index contributed by atoms with van der Waals surface area (Å²) in [7, 11) is -3.27. The highest BCUT2D eigenvalue weighted by Gasteiger charge is 2.25. The Kier molecular flexibility index (Phi) is 4.25. The fourth-order valence-corrected chi connectivity index (χ4v) is 3.75. The lowest BCUT2D eigenvalue weighted by atomic mass is 10.00. The highest BCUT2D eigenvalue weighted by Crippen LogP contribution is 2.27. The van der Waals surface area contributed by atoms with Crippen LogP contribution >= 0.6 is 0 Å². The number of sulfone groups is 1. The normalized spacial score (nSPS) is 25.4. The second-order valence-electron chi connectivity index (χ2n) is 6.24. The Morgan fingerprint density at radius 2 is 1.87 bits per heavy atom. The van der Waals surface area contributed by atoms with Crippen molar-refractivity contribution in [3.63, 3.8) is 0 Å². The van der Waals surface area contributed by atoms with Gasteiger partial charge >= 0.3 is 0 Å². The highest BCUT2D eigenvalue weighted by atomic mass is 32.2. The Balaban J connectivity index is 1.97. The summed E-state index contributed by atoms with van der Waals surface area (Å²) >= 11 is 0. The second-order valence-corrected chi connectivity index (χ2v) is 8.26. The van der Waals surface area contributed by atoms with E-state index in [9.17, 15) is 8.42 Å². The van der Waals surface area contributed by atoms with Crippen molar-refractivity contribution in [2.24, 2.45) is 0 Å². The Morgan fingerprint density at radius 3 is 2.52 bits per heavy atom. The molecule has 2 aromatic rings. The van der Waals surface area contributed by atoms with Crippen LogP contribution < -0.4 is 5.32 Å². The summed E-state index contributed by atoms with van der Waals surface area (Å²) in [6.45, 7) is 4.12. The quantitative estimate of drug-likeness (QED) is 0.927. The smallest absolute Gasteiger partial charge is 0.175 e. The molecule has 0 radical (unpaired) electrons. The van der Waals surface area contributed by atoms with Crippen LogP contribution in [0.1, 0.15) is 26.7 Å². The van der Waals surface area contributed by atoms with Gasteiger partial charge in [-0.15, -0.1) is 0 Å². The van der Waals surface area contributed by atoms with E-state index in [4.69, 9.17) is 4.74 Å². The van der Waals surface area contributed by atoms with Crippen LogP contribution in [0.25, 0.3) is 10.9 Å². The molecule has 7 heteroatoms. The molecule has 23 heavy (non-hydrogen) atoms. The van der Waals surface area contributed by atoms with E-state index in [2.05, 4.69) is 29.1 Å². The van der Waals surface area contributed by atoms with Gasteiger partial charge in [0.05, 0.1) is 22.6 Å². The number of aromatic nitrogens is 2.